The Morgan fingerprint density at radius 1 is 1.13 bits per heavy atom. The van der Waals surface area contributed by atoms with Crippen LogP contribution >= 0.6 is 0 Å². The lowest BCUT2D eigenvalue weighted by atomic mass is 9.98. The minimum atomic E-state index is -4.05. The van der Waals surface area contributed by atoms with E-state index in [9.17, 15) is 22.4 Å². The zero-order valence-electron chi connectivity index (χ0n) is 17.2. The molecule has 3 rings (SSSR count). The summed E-state index contributed by atoms with van der Waals surface area (Å²) in [6.07, 6.45) is 1.00. The molecule has 1 aliphatic rings. The van der Waals surface area contributed by atoms with E-state index in [-0.39, 0.29) is 35.5 Å². The standard InChI is InChI=1S/C21H24FN3O5S/c1-14(26)23-17-6-3-7-18(12-17)24-21(27)15-5-4-10-25(13-15)31(28,29)20-11-16(22)8-9-19(20)30-2/h3,6-9,11-12,15H,4-5,10,13H2,1-2H3,(H,23,26)(H,24,27)/t15-/m0/s1. The van der Waals surface area contributed by atoms with Crippen molar-refractivity contribution in [1.82, 2.24) is 4.31 Å². The Balaban J connectivity index is 1.75. The SMILES string of the molecule is COc1ccc(F)cc1S(=O)(=O)N1CCC[C@H](C(=O)Nc2cccc(NC(C)=O)c2)C1. The molecule has 1 fully saturated rings. The van der Waals surface area contributed by atoms with Crippen LogP contribution in [-0.2, 0) is 19.6 Å². The number of ether oxygens (including phenoxy) is 1. The Hall–Kier alpha value is -2.98. The summed E-state index contributed by atoms with van der Waals surface area (Å²) in [5, 5.41) is 5.41. The molecule has 166 valence electrons. The zero-order valence-corrected chi connectivity index (χ0v) is 18.0. The number of carbonyl (C=O) groups is 2. The smallest absolute Gasteiger partial charge is 0.246 e. The van der Waals surface area contributed by atoms with Gasteiger partial charge in [-0.25, -0.2) is 12.8 Å². The van der Waals surface area contributed by atoms with E-state index < -0.39 is 21.8 Å². The molecule has 0 aromatic heterocycles. The molecule has 2 N–H and O–H groups in total. The first-order chi connectivity index (χ1) is 14.7. The number of halogens is 1. The highest BCUT2D eigenvalue weighted by Crippen LogP contribution is 2.31. The summed E-state index contributed by atoms with van der Waals surface area (Å²) in [7, 11) is -2.73. The highest BCUT2D eigenvalue weighted by Gasteiger charge is 2.35. The third-order valence-electron chi connectivity index (χ3n) is 4.95. The fraction of sp³-hybridized carbons (Fsp3) is 0.333. The molecular formula is C21H24FN3O5S. The second kappa shape index (κ2) is 9.44. The molecule has 0 spiro atoms. The summed E-state index contributed by atoms with van der Waals surface area (Å²) in [5.41, 5.74) is 1.03. The van der Waals surface area contributed by atoms with Crippen molar-refractivity contribution in [2.75, 3.05) is 30.8 Å². The van der Waals surface area contributed by atoms with Gasteiger partial charge in [-0.1, -0.05) is 6.07 Å². The summed E-state index contributed by atoms with van der Waals surface area (Å²) >= 11 is 0. The molecule has 1 aliphatic heterocycles. The van der Waals surface area contributed by atoms with Crippen LogP contribution in [0.5, 0.6) is 5.75 Å². The lowest BCUT2D eigenvalue weighted by Crippen LogP contribution is -2.43. The van der Waals surface area contributed by atoms with Crippen LogP contribution in [0.4, 0.5) is 15.8 Å². The van der Waals surface area contributed by atoms with E-state index in [1.165, 1.54) is 24.4 Å². The van der Waals surface area contributed by atoms with Crippen molar-refractivity contribution in [3.63, 3.8) is 0 Å². The summed E-state index contributed by atoms with van der Waals surface area (Å²) in [5.74, 6) is -1.78. The average molecular weight is 450 g/mol. The molecule has 0 unspecified atom stereocenters. The molecule has 31 heavy (non-hydrogen) atoms. The van der Waals surface area contributed by atoms with Crippen LogP contribution in [0, 0.1) is 11.7 Å². The van der Waals surface area contributed by atoms with Crippen LogP contribution in [0.3, 0.4) is 0 Å². The number of hydrogen-bond donors (Lipinski definition) is 2. The molecule has 0 saturated carbocycles. The van der Waals surface area contributed by atoms with Crippen molar-refractivity contribution < 1.29 is 27.1 Å². The molecule has 2 amide bonds. The number of carbonyl (C=O) groups excluding carboxylic acids is 2. The van der Waals surface area contributed by atoms with E-state index >= 15 is 0 Å². The highest BCUT2D eigenvalue weighted by molar-refractivity contribution is 7.89. The number of hydrogen-bond acceptors (Lipinski definition) is 5. The first kappa shape index (κ1) is 22.7. The average Bonchev–Trinajstić information content (AvgIpc) is 2.73. The van der Waals surface area contributed by atoms with Crippen molar-refractivity contribution in [3.05, 3.63) is 48.3 Å². The van der Waals surface area contributed by atoms with Gasteiger partial charge in [0.25, 0.3) is 0 Å². The molecule has 0 bridgehead atoms. The van der Waals surface area contributed by atoms with E-state index in [1.807, 2.05) is 0 Å². The molecule has 1 atom stereocenters. The second-order valence-corrected chi connectivity index (χ2v) is 9.15. The number of amides is 2. The number of sulfonamides is 1. The quantitative estimate of drug-likeness (QED) is 0.706. The molecule has 1 heterocycles. The number of benzene rings is 2. The molecular weight excluding hydrogens is 425 g/mol. The number of anilines is 2. The fourth-order valence-corrected chi connectivity index (χ4v) is 5.18. The van der Waals surface area contributed by atoms with Crippen molar-refractivity contribution in [3.8, 4) is 5.75 Å². The van der Waals surface area contributed by atoms with Crippen molar-refractivity contribution in [2.45, 2.75) is 24.7 Å². The topological polar surface area (TPSA) is 105 Å². The van der Waals surface area contributed by atoms with E-state index in [1.54, 1.807) is 24.3 Å². The Morgan fingerprint density at radius 2 is 1.84 bits per heavy atom. The number of piperidine rings is 1. The van der Waals surface area contributed by atoms with Gasteiger partial charge in [0.2, 0.25) is 21.8 Å². The van der Waals surface area contributed by atoms with Crippen molar-refractivity contribution >= 4 is 33.2 Å². The van der Waals surface area contributed by atoms with Gasteiger partial charge in [-0.15, -0.1) is 0 Å². The van der Waals surface area contributed by atoms with Crippen LogP contribution in [0.1, 0.15) is 19.8 Å². The van der Waals surface area contributed by atoms with Crippen LogP contribution in [0.15, 0.2) is 47.4 Å². The minimum absolute atomic E-state index is 0.0286. The van der Waals surface area contributed by atoms with Crippen LogP contribution < -0.4 is 15.4 Å². The zero-order chi connectivity index (χ0) is 22.6. The third kappa shape index (κ3) is 5.39. The maximum Gasteiger partial charge on any atom is 0.246 e. The van der Waals surface area contributed by atoms with E-state index in [2.05, 4.69) is 10.6 Å². The Bertz CT molecular complexity index is 1090. The van der Waals surface area contributed by atoms with E-state index in [0.29, 0.717) is 24.2 Å². The van der Waals surface area contributed by atoms with E-state index in [0.717, 1.165) is 12.1 Å². The molecule has 2 aromatic rings. The Labute approximate surface area is 180 Å². The summed E-state index contributed by atoms with van der Waals surface area (Å²) in [4.78, 5) is 23.7. The van der Waals surface area contributed by atoms with Gasteiger partial charge in [0.15, 0.2) is 0 Å². The van der Waals surface area contributed by atoms with Crippen molar-refractivity contribution in [2.24, 2.45) is 5.92 Å². The van der Waals surface area contributed by atoms with Gasteiger partial charge in [0, 0.05) is 31.4 Å². The minimum Gasteiger partial charge on any atom is -0.495 e. The lowest BCUT2D eigenvalue weighted by Gasteiger charge is -2.31. The summed E-state index contributed by atoms with van der Waals surface area (Å²) < 4.78 is 46.2. The monoisotopic (exact) mass is 449 g/mol. The highest BCUT2D eigenvalue weighted by atomic mass is 32.2. The molecule has 0 radical (unpaired) electrons. The Kier molecular flexibility index (Phi) is 6.91. The largest absolute Gasteiger partial charge is 0.495 e. The normalized spacial score (nSPS) is 17.1. The predicted molar refractivity (Wildman–Crippen MR) is 114 cm³/mol. The maximum atomic E-state index is 13.7. The van der Waals surface area contributed by atoms with Gasteiger partial charge >= 0.3 is 0 Å². The molecule has 8 nitrogen and oxygen atoms in total. The van der Waals surface area contributed by atoms with Gasteiger partial charge in [-0.2, -0.15) is 4.31 Å². The number of nitrogens with zero attached hydrogens (tertiary/aromatic N) is 1. The third-order valence-corrected chi connectivity index (χ3v) is 6.84. The van der Waals surface area contributed by atoms with Gasteiger partial charge in [0.1, 0.15) is 16.5 Å². The lowest BCUT2D eigenvalue weighted by molar-refractivity contribution is -0.121. The fourth-order valence-electron chi connectivity index (χ4n) is 3.49. The van der Waals surface area contributed by atoms with Gasteiger partial charge in [-0.05, 0) is 49.2 Å². The molecule has 2 aromatic carbocycles. The Morgan fingerprint density at radius 3 is 2.52 bits per heavy atom. The van der Waals surface area contributed by atoms with Gasteiger partial charge < -0.3 is 15.4 Å². The van der Waals surface area contributed by atoms with Crippen molar-refractivity contribution in [1.29, 1.82) is 0 Å². The number of nitrogens with one attached hydrogen (secondary N) is 2. The second-order valence-electron chi connectivity index (χ2n) is 7.25. The number of methoxy groups -OCH3 is 1. The summed E-state index contributed by atoms with van der Waals surface area (Å²) in [6.45, 7) is 1.58. The molecule has 0 aliphatic carbocycles. The van der Waals surface area contributed by atoms with Gasteiger partial charge in [-0.3, -0.25) is 9.59 Å². The van der Waals surface area contributed by atoms with E-state index in [4.69, 9.17) is 4.74 Å². The first-order valence-electron chi connectivity index (χ1n) is 9.73. The first-order valence-corrected chi connectivity index (χ1v) is 11.2. The maximum absolute atomic E-state index is 13.7. The van der Waals surface area contributed by atoms with Crippen LogP contribution in [-0.4, -0.2) is 44.7 Å². The molecule has 1 saturated heterocycles. The van der Waals surface area contributed by atoms with Crippen LogP contribution in [0.25, 0.3) is 0 Å². The van der Waals surface area contributed by atoms with Crippen LogP contribution in [0.2, 0.25) is 0 Å². The predicted octanol–water partition coefficient (Wildman–Crippen LogP) is 2.83. The van der Waals surface area contributed by atoms with Gasteiger partial charge in [0.05, 0.1) is 13.0 Å². The molecule has 10 heteroatoms. The number of rotatable bonds is 6. The summed E-state index contributed by atoms with van der Waals surface area (Å²) in [6, 6.07) is 9.99.